The summed E-state index contributed by atoms with van der Waals surface area (Å²) in [7, 11) is 0. The molecule has 0 unspecified atom stereocenters. The molecule has 0 bridgehead atoms. The van der Waals surface area contributed by atoms with Gasteiger partial charge in [0.2, 0.25) is 0 Å². The van der Waals surface area contributed by atoms with Crippen molar-refractivity contribution in [1.82, 2.24) is 4.90 Å². The van der Waals surface area contributed by atoms with E-state index in [1.54, 1.807) is 13.0 Å². The highest BCUT2D eigenvalue weighted by atomic mass is 19.4. The average Bonchev–Trinajstić information content (AvgIpc) is 3.07. The quantitative estimate of drug-likeness (QED) is 0.860. The normalized spacial score (nSPS) is 15.4. The fraction of sp³-hybridized carbons (Fsp3) is 0.462. The third-order valence-electron chi connectivity index (χ3n) is 3.08. The summed E-state index contributed by atoms with van der Waals surface area (Å²) in [5.41, 5.74) is 6.94. The third-order valence-corrected chi connectivity index (χ3v) is 3.08. The van der Waals surface area contributed by atoms with E-state index in [0.29, 0.717) is 24.1 Å². The Kier molecular flexibility index (Phi) is 3.43. The number of halogens is 3. The van der Waals surface area contributed by atoms with Gasteiger partial charge in [-0.1, -0.05) is 0 Å². The first kappa shape index (κ1) is 13.7. The summed E-state index contributed by atoms with van der Waals surface area (Å²) in [6.07, 6.45) is -3.11. The van der Waals surface area contributed by atoms with E-state index in [1.807, 2.05) is 0 Å². The van der Waals surface area contributed by atoms with Crippen molar-refractivity contribution >= 4 is 11.6 Å². The third kappa shape index (κ3) is 3.39. The Balaban J connectivity index is 2.24. The number of nitrogens with zero attached hydrogens (tertiary/aromatic N) is 1. The number of carbonyl (C=O) groups is 1. The Morgan fingerprint density at radius 3 is 2.53 bits per heavy atom. The van der Waals surface area contributed by atoms with Crippen molar-refractivity contribution < 1.29 is 18.0 Å². The van der Waals surface area contributed by atoms with Gasteiger partial charge >= 0.3 is 6.18 Å². The highest BCUT2D eigenvalue weighted by Crippen LogP contribution is 2.32. The number of anilines is 1. The number of alkyl halides is 3. The molecule has 6 heteroatoms. The molecule has 0 radical (unpaired) electrons. The van der Waals surface area contributed by atoms with Crippen LogP contribution in [0.15, 0.2) is 18.2 Å². The van der Waals surface area contributed by atoms with E-state index in [1.165, 1.54) is 12.1 Å². The van der Waals surface area contributed by atoms with Gasteiger partial charge in [-0.3, -0.25) is 4.79 Å². The van der Waals surface area contributed by atoms with Gasteiger partial charge in [0.05, 0.1) is 0 Å². The first-order valence-electron chi connectivity index (χ1n) is 6.02. The summed E-state index contributed by atoms with van der Waals surface area (Å²) in [4.78, 5) is 13.1. The van der Waals surface area contributed by atoms with Gasteiger partial charge in [-0.15, -0.1) is 0 Å². The molecule has 1 amide bonds. The van der Waals surface area contributed by atoms with Crippen LogP contribution in [0.1, 0.15) is 28.8 Å². The molecule has 0 aliphatic heterocycles. The molecule has 3 nitrogen and oxygen atoms in total. The zero-order valence-electron chi connectivity index (χ0n) is 10.5. The van der Waals surface area contributed by atoms with Crippen molar-refractivity contribution in [2.75, 3.05) is 12.3 Å². The average molecular weight is 272 g/mol. The molecule has 19 heavy (non-hydrogen) atoms. The smallest absolute Gasteiger partial charge is 0.399 e. The first-order valence-corrected chi connectivity index (χ1v) is 6.02. The molecular formula is C13H15F3N2O. The molecule has 0 atom stereocenters. The van der Waals surface area contributed by atoms with Crippen LogP contribution in [0.4, 0.5) is 18.9 Å². The topological polar surface area (TPSA) is 46.3 Å². The molecule has 1 aliphatic carbocycles. The van der Waals surface area contributed by atoms with Gasteiger partial charge in [0.25, 0.3) is 5.91 Å². The molecule has 1 aromatic carbocycles. The summed E-state index contributed by atoms with van der Waals surface area (Å²) in [5.74, 6) is -0.572. The zero-order chi connectivity index (χ0) is 14.2. The Morgan fingerprint density at radius 1 is 1.42 bits per heavy atom. The molecule has 2 N–H and O–H groups in total. The van der Waals surface area contributed by atoms with Crippen LogP contribution in [0, 0.1) is 6.92 Å². The van der Waals surface area contributed by atoms with Crippen molar-refractivity contribution in [2.24, 2.45) is 0 Å². The predicted octanol–water partition coefficient (Wildman–Crippen LogP) is 2.74. The van der Waals surface area contributed by atoms with Gasteiger partial charge in [0, 0.05) is 17.3 Å². The van der Waals surface area contributed by atoms with Crippen molar-refractivity contribution in [1.29, 1.82) is 0 Å². The standard InChI is InChI=1S/C13H15F3N2O/c1-8-6-9(17)2-5-11(8)12(19)18(10-3-4-10)7-13(14,15)16/h2,5-6,10H,3-4,7,17H2,1H3. The summed E-state index contributed by atoms with van der Waals surface area (Å²) in [6, 6.07) is 4.31. The molecule has 1 aliphatic rings. The number of nitrogen functional groups attached to an aromatic ring is 1. The molecule has 0 saturated heterocycles. The van der Waals surface area contributed by atoms with Crippen LogP contribution in [-0.4, -0.2) is 29.6 Å². The Bertz CT molecular complexity index is 495. The minimum atomic E-state index is -4.38. The van der Waals surface area contributed by atoms with Gasteiger partial charge in [0.15, 0.2) is 0 Å². The number of aryl methyl sites for hydroxylation is 1. The molecule has 1 saturated carbocycles. The minimum absolute atomic E-state index is 0.283. The van der Waals surface area contributed by atoms with Crippen LogP contribution in [0.25, 0.3) is 0 Å². The number of hydrogen-bond donors (Lipinski definition) is 1. The lowest BCUT2D eigenvalue weighted by atomic mass is 10.1. The largest absolute Gasteiger partial charge is 0.406 e. The number of benzene rings is 1. The maximum Gasteiger partial charge on any atom is 0.406 e. The lowest BCUT2D eigenvalue weighted by molar-refractivity contribution is -0.141. The van der Waals surface area contributed by atoms with Crippen LogP contribution >= 0.6 is 0 Å². The van der Waals surface area contributed by atoms with E-state index in [9.17, 15) is 18.0 Å². The second-order valence-electron chi connectivity index (χ2n) is 4.85. The summed E-state index contributed by atoms with van der Waals surface area (Å²) in [5, 5.41) is 0. The zero-order valence-corrected chi connectivity index (χ0v) is 10.5. The van der Waals surface area contributed by atoms with Gasteiger partial charge in [0.1, 0.15) is 6.54 Å². The van der Waals surface area contributed by atoms with Crippen LogP contribution in [0.5, 0.6) is 0 Å². The number of hydrogen-bond acceptors (Lipinski definition) is 2. The molecule has 1 aromatic rings. The van der Waals surface area contributed by atoms with E-state index in [4.69, 9.17) is 5.73 Å². The van der Waals surface area contributed by atoms with Crippen LogP contribution in [-0.2, 0) is 0 Å². The van der Waals surface area contributed by atoms with E-state index >= 15 is 0 Å². The molecule has 0 heterocycles. The summed E-state index contributed by atoms with van der Waals surface area (Å²) < 4.78 is 37.6. The SMILES string of the molecule is Cc1cc(N)ccc1C(=O)N(CC(F)(F)F)C1CC1. The molecule has 0 aromatic heterocycles. The summed E-state index contributed by atoms with van der Waals surface area (Å²) in [6.45, 7) is 0.475. The molecule has 0 spiro atoms. The van der Waals surface area contributed by atoms with Crippen molar-refractivity contribution in [3.8, 4) is 0 Å². The molecule has 2 rings (SSSR count). The van der Waals surface area contributed by atoms with E-state index in [0.717, 1.165) is 4.90 Å². The van der Waals surface area contributed by atoms with Crippen molar-refractivity contribution in [3.63, 3.8) is 0 Å². The van der Waals surface area contributed by atoms with Crippen LogP contribution < -0.4 is 5.73 Å². The van der Waals surface area contributed by atoms with Gasteiger partial charge in [-0.25, -0.2) is 0 Å². The highest BCUT2D eigenvalue weighted by Gasteiger charge is 2.41. The van der Waals surface area contributed by atoms with Gasteiger partial charge in [-0.2, -0.15) is 13.2 Å². The Labute approximate surface area is 109 Å². The maximum atomic E-state index is 12.5. The lowest BCUT2D eigenvalue weighted by Crippen LogP contribution is -2.40. The van der Waals surface area contributed by atoms with E-state index in [-0.39, 0.29) is 11.6 Å². The maximum absolute atomic E-state index is 12.5. The number of carbonyl (C=O) groups excluding carboxylic acids is 1. The molecule has 104 valence electrons. The number of rotatable bonds is 3. The lowest BCUT2D eigenvalue weighted by Gasteiger charge is -2.24. The Morgan fingerprint density at radius 2 is 2.05 bits per heavy atom. The highest BCUT2D eigenvalue weighted by molar-refractivity contribution is 5.96. The molecular weight excluding hydrogens is 257 g/mol. The Hall–Kier alpha value is -1.72. The first-order chi connectivity index (χ1) is 8.78. The van der Waals surface area contributed by atoms with Gasteiger partial charge in [-0.05, 0) is 43.5 Å². The monoisotopic (exact) mass is 272 g/mol. The van der Waals surface area contributed by atoms with Crippen molar-refractivity contribution in [3.05, 3.63) is 29.3 Å². The molecule has 1 fully saturated rings. The van der Waals surface area contributed by atoms with Crippen LogP contribution in [0.3, 0.4) is 0 Å². The predicted molar refractivity (Wildman–Crippen MR) is 65.7 cm³/mol. The van der Waals surface area contributed by atoms with Crippen molar-refractivity contribution in [2.45, 2.75) is 32.0 Å². The fourth-order valence-electron chi connectivity index (χ4n) is 2.03. The number of amides is 1. The number of nitrogens with two attached hydrogens (primary N) is 1. The minimum Gasteiger partial charge on any atom is -0.399 e. The van der Waals surface area contributed by atoms with E-state index in [2.05, 4.69) is 0 Å². The second kappa shape index (κ2) is 4.75. The van der Waals surface area contributed by atoms with Crippen LogP contribution in [0.2, 0.25) is 0 Å². The van der Waals surface area contributed by atoms with E-state index < -0.39 is 18.6 Å². The van der Waals surface area contributed by atoms with Gasteiger partial charge < -0.3 is 10.6 Å². The second-order valence-corrected chi connectivity index (χ2v) is 4.85. The fourth-order valence-corrected chi connectivity index (χ4v) is 2.03. The summed E-state index contributed by atoms with van der Waals surface area (Å²) >= 11 is 0.